The summed E-state index contributed by atoms with van der Waals surface area (Å²) in [5, 5.41) is 14.0. The van der Waals surface area contributed by atoms with Crippen LogP contribution in [0.2, 0.25) is 10.0 Å². The lowest BCUT2D eigenvalue weighted by molar-refractivity contribution is -0.141. The molecule has 0 unspecified atom stereocenters. The predicted octanol–water partition coefficient (Wildman–Crippen LogP) is 2.49. The van der Waals surface area contributed by atoms with Crippen molar-refractivity contribution in [3.63, 3.8) is 0 Å². The third-order valence-electron chi connectivity index (χ3n) is 3.81. The van der Waals surface area contributed by atoms with E-state index in [1.54, 1.807) is 29.3 Å². The summed E-state index contributed by atoms with van der Waals surface area (Å²) in [7, 11) is 0. The molecule has 9 heteroatoms. The zero-order valence-corrected chi connectivity index (χ0v) is 14.6. The second kappa shape index (κ2) is 7.43. The smallest absolute Gasteiger partial charge is 0.306 e. The Balaban J connectivity index is 1.75. The zero-order valence-electron chi connectivity index (χ0n) is 13.1. The number of ether oxygens (including phenoxy) is 1. The van der Waals surface area contributed by atoms with Crippen LogP contribution in [0.3, 0.4) is 0 Å². The van der Waals surface area contributed by atoms with Gasteiger partial charge in [0.15, 0.2) is 0 Å². The monoisotopic (exact) mass is 383 g/mol. The summed E-state index contributed by atoms with van der Waals surface area (Å²) < 4.78 is 6.88. The quantitative estimate of drug-likeness (QED) is 0.876. The molecule has 1 N–H and O–H groups in total. The van der Waals surface area contributed by atoms with Gasteiger partial charge in [0.05, 0.1) is 41.6 Å². The van der Waals surface area contributed by atoms with Gasteiger partial charge in [-0.3, -0.25) is 9.59 Å². The molecule has 0 bridgehead atoms. The van der Waals surface area contributed by atoms with E-state index in [-0.39, 0.29) is 18.9 Å². The molecule has 1 aliphatic heterocycles. The minimum atomic E-state index is -0.954. The average molecular weight is 384 g/mol. The van der Waals surface area contributed by atoms with E-state index >= 15 is 0 Å². The van der Waals surface area contributed by atoms with E-state index in [9.17, 15) is 9.59 Å². The predicted molar refractivity (Wildman–Crippen MR) is 91.5 cm³/mol. The Kier molecular flexibility index (Phi) is 5.27. The van der Waals surface area contributed by atoms with E-state index in [0.29, 0.717) is 34.4 Å². The maximum Gasteiger partial charge on any atom is 0.306 e. The third-order valence-corrected chi connectivity index (χ3v) is 4.35. The number of morpholine rings is 1. The topological polar surface area (TPSA) is 84.7 Å². The lowest BCUT2D eigenvalue weighted by Gasteiger charge is -2.32. The van der Waals surface area contributed by atoms with Gasteiger partial charge in [-0.05, 0) is 18.2 Å². The molecule has 3 rings (SSSR count). The summed E-state index contributed by atoms with van der Waals surface area (Å²) in [5.41, 5.74) is 0.998. The summed E-state index contributed by atoms with van der Waals surface area (Å²) in [6.45, 7) is 0.945. The first-order chi connectivity index (χ1) is 11.9. The van der Waals surface area contributed by atoms with Crippen LogP contribution in [0, 0.1) is 0 Å². The number of rotatable bonds is 4. The molecule has 2 heterocycles. The summed E-state index contributed by atoms with van der Waals surface area (Å²) in [4.78, 5) is 25.0. The summed E-state index contributed by atoms with van der Waals surface area (Å²) in [6, 6.07) is 4.99. The molecule has 1 atom stereocenters. The first-order valence-corrected chi connectivity index (χ1v) is 8.32. The number of amides is 1. The highest BCUT2D eigenvalue weighted by Gasteiger charge is 2.27. The molecule has 1 aromatic heterocycles. The highest BCUT2D eigenvalue weighted by molar-refractivity contribution is 6.35. The number of carboxylic acid groups (broad SMARTS) is 1. The number of halogens is 2. The molecule has 0 spiro atoms. The van der Waals surface area contributed by atoms with Crippen LogP contribution in [-0.4, -0.2) is 57.5 Å². The van der Waals surface area contributed by atoms with Gasteiger partial charge in [0.2, 0.25) is 0 Å². The van der Waals surface area contributed by atoms with Gasteiger partial charge in [-0.25, -0.2) is 4.68 Å². The van der Waals surface area contributed by atoms with Gasteiger partial charge in [0, 0.05) is 24.3 Å². The summed E-state index contributed by atoms with van der Waals surface area (Å²) >= 11 is 12.0. The van der Waals surface area contributed by atoms with E-state index in [1.165, 1.54) is 10.9 Å². The van der Waals surface area contributed by atoms with Gasteiger partial charge in [-0.1, -0.05) is 23.2 Å². The molecule has 0 radical (unpaired) electrons. The van der Waals surface area contributed by atoms with Crippen LogP contribution in [0.5, 0.6) is 0 Å². The standard InChI is InChI=1S/C16H15Cl2N3O4/c17-11-1-2-14(13(18)5-11)21-8-10(7-19-21)16(24)20-3-4-25-12(9-20)6-15(22)23/h1-2,5,7-8,12H,3-4,6,9H2,(H,22,23)/t12-/m1/s1. The zero-order chi connectivity index (χ0) is 18.0. The number of carbonyl (C=O) groups is 2. The second-order valence-corrected chi connectivity index (χ2v) is 6.45. The fourth-order valence-electron chi connectivity index (χ4n) is 2.64. The SMILES string of the molecule is O=C(O)C[C@@H]1CN(C(=O)c2cnn(-c3ccc(Cl)cc3Cl)c2)CCO1. The highest BCUT2D eigenvalue weighted by Crippen LogP contribution is 2.24. The number of aliphatic carboxylic acids is 1. The van der Waals surface area contributed by atoms with Crippen molar-refractivity contribution in [1.29, 1.82) is 0 Å². The van der Waals surface area contributed by atoms with Gasteiger partial charge in [-0.2, -0.15) is 5.10 Å². The molecular weight excluding hydrogens is 369 g/mol. The van der Waals surface area contributed by atoms with Crippen LogP contribution in [0.1, 0.15) is 16.8 Å². The largest absolute Gasteiger partial charge is 0.481 e. The Hall–Kier alpha value is -2.09. The fraction of sp³-hybridized carbons (Fsp3) is 0.312. The summed E-state index contributed by atoms with van der Waals surface area (Å²) in [6.07, 6.45) is 2.40. The van der Waals surface area contributed by atoms with Crippen LogP contribution >= 0.6 is 23.2 Å². The van der Waals surface area contributed by atoms with Crippen molar-refractivity contribution < 1.29 is 19.4 Å². The van der Waals surface area contributed by atoms with E-state index in [4.69, 9.17) is 33.0 Å². The van der Waals surface area contributed by atoms with Crippen LogP contribution < -0.4 is 0 Å². The first kappa shape index (κ1) is 17.7. The Bertz CT molecular complexity index is 808. The molecule has 132 valence electrons. The lowest BCUT2D eigenvalue weighted by Crippen LogP contribution is -2.46. The van der Waals surface area contributed by atoms with Crippen molar-refractivity contribution in [2.24, 2.45) is 0 Å². The van der Waals surface area contributed by atoms with Crippen molar-refractivity contribution in [3.8, 4) is 5.69 Å². The van der Waals surface area contributed by atoms with E-state index in [2.05, 4.69) is 5.10 Å². The van der Waals surface area contributed by atoms with Crippen LogP contribution in [0.25, 0.3) is 5.69 Å². The molecule has 0 aliphatic carbocycles. The average Bonchev–Trinajstić information content (AvgIpc) is 3.03. The van der Waals surface area contributed by atoms with E-state index in [1.807, 2.05) is 0 Å². The van der Waals surface area contributed by atoms with Crippen LogP contribution in [-0.2, 0) is 9.53 Å². The maximum absolute atomic E-state index is 12.6. The van der Waals surface area contributed by atoms with Crippen molar-refractivity contribution in [2.45, 2.75) is 12.5 Å². The van der Waals surface area contributed by atoms with Gasteiger partial charge in [-0.15, -0.1) is 0 Å². The van der Waals surface area contributed by atoms with Gasteiger partial charge < -0.3 is 14.7 Å². The molecule has 1 fully saturated rings. The number of carbonyl (C=O) groups excluding carboxylic acids is 1. The van der Waals surface area contributed by atoms with Gasteiger partial charge >= 0.3 is 5.97 Å². The Morgan fingerprint density at radius 3 is 2.88 bits per heavy atom. The molecule has 0 saturated carbocycles. The molecule has 25 heavy (non-hydrogen) atoms. The van der Waals surface area contributed by atoms with Crippen LogP contribution in [0.15, 0.2) is 30.6 Å². The normalized spacial score (nSPS) is 17.5. The Labute approximate surface area is 153 Å². The molecule has 1 saturated heterocycles. The fourth-order valence-corrected chi connectivity index (χ4v) is 3.13. The minimum absolute atomic E-state index is 0.135. The van der Waals surface area contributed by atoms with E-state index in [0.717, 1.165) is 0 Å². The van der Waals surface area contributed by atoms with Crippen molar-refractivity contribution >= 4 is 35.1 Å². The number of hydrogen-bond donors (Lipinski definition) is 1. The first-order valence-electron chi connectivity index (χ1n) is 7.57. The Morgan fingerprint density at radius 1 is 1.36 bits per heavy atom. The molecule has 2 aromatic rings. The van der Waals surface area contributed by atoms with Gasteiger partial charge in [0.1, 0.15) is 0 Å². The molecule has 1 aliphatic rings. The number of aromatic nitrogens is 2. The van der Waals surface area contributed by atoms with Crippen molar-refractivity contribution in [2.75, 3.05) is 19.7 Å². The minimum Gasteiger partial charge on any atom is -0.481 e. The van der Waals surface area contributed by atoms with Crippen molar-refractivity contribution in [3.05, 3.63) is 46.2 Å². The Morgan fingerprint density at radius 2 is 2.16 bits per heavy atom. The summed E-state index contributed by atoms with van der Waals surface area (Å²) in [5.74, 6) is -1.18. The number of benzene rings is 1. The van der Waals surface area contributed by atoms with Crippen molar-refractivity contribution in [1.82, 2.24) is 14.7 Å². The number of hydrogen-bond acceptors (Lipinski definition) is 4. The molecule has 1 aromatic carbocycles. The molecule has 1 amide bonds. The highest BCUT2D eigenvalue weighted by atomic mass is 35.5. The maximum atomic E-state index is 12.6. The second-order valence-electron chi connectivity index (χ2n) is 5.61. The molecule has 7 nitrogen and oxygen atoms in total. The third kappa shape index (κ3) is 4.12. The molecular formula is C16H15Cl2N3O4. The number of carboxylic acids is 1. The lowest BCUT2D eigenvalue weighted by atomic mass is 10.2. The van der Waals surface area contributed by atoms with Gasteiger partial charge in [0.25, 0.3) is 5.91 Å². The number of nitrogens with zero attached hydrogens (tertiary/aromatic N) is 3. The van der Waals surface area contributed by atoms with E-state index < -0.39 is 12.1 Å². The van der Waals surface area contributed by atoms with Crippen LogP contribution in [0.4, 0.5) is 0 Å².